The zero-order chi connectivity index (χ0) is 67.2. The van der Waals surface area contributed by atoms with Crippen molar-refractivity contribution in [3.8, 4) is 0 Å². The number of ether oxygens (including phenoxy) is 4. The highest BCUT2D eigenvalue weighted by Crippen LogP contribution is 2.45. The average Bonchev–Trinajstić information content (AvgIpc) is 3.55. The van der Waals surface area contributed by atoms with Crippen molar-refractivity contribution in [2.75, 3.05) is 39.6 Å². The zero-order valence-electron chi connectivity index (χ0n) is 59.1. The highest BCUT2D eigenvalue weighted by atomic mass is 31.2. The van der Waals surface area contributed by atoms with Gasteiger partial charge in [-0.1, -0.05) is 318 Å². The summed E-state index contributed by atoms with van der Waals surface area (Å²) in [7, 11) is -9.90. The summed E-state index contributed by atoms with van der Waals surface area (Å²) in [6.45, 7) is 9.57. The highest BCUT2D eigenvalue weighted by Gasteiger charge is 2.30. The molecule has 0 aliphatic carbocycles. The molecule has 540 valence electrons. The molecule has 0 amide bonds. The van der Waals surface area contributed by atoms with E-state index in [2.05, 4.69) is 41.5 Å². The van der Waals surface area contributed by atoms with E-state index in [9.17, 15) is 43.2 Å². The van der Waals surface area contributed by atoms with E-state index in [1.165, 1.54) is 180 Å². The van der Waals surface area contributed by atoms with Crippen LogP contribution in [0, 0.1) is 11.8 Å². The summed E-state index contributed by atoms with van der Waals surface area (Å²) in [6, 6.07) is 0. The topological polar surface area (TPSA) is 237 Å². The monoisotopic (exact) mass is 1340 g/mol. The molecule has 0 aromatic heterocycles. The first-order valence-electron chi connectivity index (χ1n) is 37.5. The third kappa shape index (κ3) is 65.1. The van der Waals surface area contributed by atoms with Gasteiger partial charge in [0.1, 0.15) is 19.3 Å². The van der Waals surface area contributed by atoms with Crippen LogP contribution in [0.5, 0.6) is 0 Å². The lowest BCUT2D eigenvalue weighted by molar-refractivity contribution is -0.161. The van der Waals surface area contributed by atoms with Gasteiger partial charge in [-0.25, -0.2) is 9.13 Å². The van der Waals surface area contributed by atoms with Gasteiger partial charge in [0.05, 0.1) is 26.4 Å². The number of esters is 4. The maximum Gasteiger partial charge on any atom is 0.472 e. The van der Waals surface area contributed by atoms with Crippen molar-refractivity contribution in [1.29, 1.82) is 0 Å². The number of carbonyl (C=O) groups is 4. The van der Waals surface area contributed by atoms with Crippen molar-refractivity contribution < 1.29 is 80.2 Å². The van der Waals surface area contributed by atoms with Crippen LogP contribution in [0.2, 0.25) is 0 Å². The number of phosphoric acid groups is 2. The first kappa shape index (κ1) is 89.1. The van der Waals surface area contributed by atoms with Crippen LogP contribution < -0.4 is 0 Å². The number of rotatable bonds is 71. The Morgan fingerprint density at radius 2 is 0.560 bits per heavy atom. The molecule has 19 heteroatoms. The molecule has 3 unspecified atom stereocenters. The minimum Gasteiger partial charge on any atom is -0.462 e. The number of hydrogen-bond acceptors (Lipinski definition) is 15. The molecule has 0 bridgehead atoms. The number of carbonyl (C=O) groups excluding carboxylic acids is 4. The van der Waals surface area contributed by atoms with Gasteiger partial charge in [0.2, 0.25) is 0 Å². The minimum absolute atomic E-state index is 0.106. The fourth-order valence-electron chi connectivity index (χ4n) is 10.9. The molecule has 0 aromatic rings. The minimum atomic E-state index is -4.95. The summed E-state index contributed by atoms with van der Waals surface area (Å²) in [5.41, 5.74) is 0. The van der Waals surface area contributed by atoms with E-state index >= 15 is 0 Å². The average molecular weight is 1340 g/mol. The van der Waals surface area contributed by atoms with Crippen molar-refractivity contribution in [2.24, 2.45) is 11.8 Å². The maximum absolute atomic E-state index is 13.0. The summed E-state index contributed by atoms with van der Waals surface area (Å²) in [6.07, 6.45) is 49.8. The van der Waals surface area contributed by atoms with Crippen LogP contribution in [0.4, 0.5) is 0 Å². The molecule has 0 spiro atoms. The molecule has 6 atom stereocenters. The van der Waals surface area contributed by atoms with E-state index in [1.807, 2.05) is 0 Å². The predicted molar refractivity (Wildman–Crippen MR) is 368 cm³/mol. The summed E-state index contributed by atoms with van der Waals surface area (Å²) in [5, 5.41) is 10.6. The molecule has 0 aromatic carbocycles. The van der Waals surface area contributed by atoms with Gasteiger partial charge >= 0.3 is 39.5 Å². The molecular formula is C72H140O17P2. The van der Waals surface area contributed by atoms with Crippen LogP contribution in [-0.4, -0.2) is 96.7 Å². The van der Waals surface area contributed by atoms with Crippen LogP contribution in [-0.2, 0) is 65.4 Å². The lowest BCUT2D eigenvalue weighted by Gasteiger charge is -2.21. The standard InChI is InChI=1S/C72H140O17P2/c1-7-10-12-14-16-18-19-20-21-22-25-32-38-44-50-56-71(76)89-68(61-83-70(75)55-49-43-37-31-26-23-24-29-34-40-46-52-64(4)5)63-87-91(80,81)85-59-66(73)58-84-90(78,79)86-62-67(60-82-69(74)54-48-42-36-17-15-13-11-8-2)88-72(77)57-51-45-39-33-28-27-30-35-41-47-53-65(6)9-3/h64-68,73H,7-63H2,1-6H3,(H,78,79)(H,80,81)/t65?,66-,67+,68+/m0/s1. The number of phosphoric ester groups is 2. The number of aliphatic hydroxyl groups excluding tert-OH is 1. The fourth-order valence-corrected chi connectivity index (χ4v) is 12.5. The Kier molecular flexibility index (Phi) is 62.7. The molecule has 0 rings (SSSR count). The van der Waals surface area contributed by atoms with Crippen molar-refractivity contribution in [3.05, 3.63) is 0 Å². The van der Waals surface area contributed by atoms with E-state index in [1.54, 1.807) is 0 Å². The molecule has 0 saturated carbocycles. The second kappa shape index (κ2) is 64.1. The van der Waals surface area contributed by atoms with E-state index in [0.717, 1.165) is 108 Å². The van der Waals surface area contributed by atoms with Crippen LogP contribution in [0.3, 0.4) is 0 Å². The van der Waals surface area contributed by atoms with Gasteiger partial charge in [0.25, 0.3) is 0 Å². The molecule has 3 N–H and O–H groups in total. The summed E-state index contributed by atoms with van der Waals surface area (Å²) in [4.78, 5) is 72.6. The van der Waals surface area contributed by atoms with Gasteiger partial charge < -0.3 is 33.8 Å². The van der Waals surface area contributed by atoms with Crippen molar-refractivity contribution in [1.82, 2.24) is 0 Å². The van der Waals surface area contributed by atoms with E-state index in [4.69, 9.17) is 37.0 Å². The van der Waals surface area contributed by atoms with Gasteiger partial charge in [-0.3, -0.25) is 37.3 Å². The largest absolute Gasteiger partial charge is 0.472 e. The van der Waals surface area contributed by atoms with Gasteiger partial charge in [0.15, 0.2) is 12.2 Å². The van der Waals surface area contributed by atoms with Crippen LogP contribution in [0.25, 0.3) is 0 Å². The number of unbranched alkanes of at least 4 members (excludes halogenated alkanes) is 40. The Morgan fingerprint density at radius 1 is 0.319 bits per heavy atom. The second-order valence-electron chi connectivity index (χ2n) is 26.7. The Bertz CT molecular complexity index is 1770. The maximum atomic E-state index is 13.0. The quantitative estimate of drug-likeness (QED) is 0.0222. The van der Waals surface area contributed by atoms with Gasteiger partial charge in [0, 0.05) is 25.7 Å². The first-order chi connectivity index (χ1) is 43.9. The van der Waals surface area contributed by atoms with Crippen LogP contribution >= 0.6 is 15.6 Å². The van der Waals surface area contributed by atoms with Gasteiger partial charge in [-0.05, 0) is 37.5 Å². The van der Waals surface area contributed by atoms with Crippen LogP contribution in [0.1, 0.15) is 369 Å². The molecular weight excluding hydrogens is 1200 g/mol. The predicted octanol–water partition coefficient (Wildman–Crippen LogP) is 20.8. The molecule has 91 heavy (non-hydrogen) atoms. The van der Waals surface area contributed by atoms with E-state index in [-0.39, 0.29) is 25.7 Å². The fraction of sp³-hybridized carbons (Fsp3) is 0.944. The SMILES string of the molecule is CCCCCCCCCCCCCCCCCC(=O)O[C@H](COC(=O)CCCCCCCCCCCCCC(C)C)COP(=O)(O)OC[C@@H](O)COP(=O)(O)OC[C@@H](COC(=O)CCCCCCCCCC)OC(=O)CCCCCCCCCCCCC(C)CC. The summed E-state index contributed by atoms with van der Waals surface area (Å²) < 4.78 is 68.3. The molecule has 0 aliphatic heterocycles. The lowest BCUT2D eigenvalue weighted by Crippen LogP contribution is -2.30. The molecule has 0 fully saturated rings. The lowest BCUT2D eigenvalue weighted by atomic mass is 9.99. The highest BCUT2D eigenvalue weighted by molar-refractivity contribution is 7.47. The number of aliphatic hydroxyl groups is 1. The Balaban J connectivity index is 5.23. The Labute approximate surface area is 556 Å². The van der Waals surface area contributed by atoms with Gasteiger partial charge in [-0.2, -0.15) is 0 Å². The second-order valence-corrected chi connectivity index (χ2v) is 29.6. The third-order valence-electron chi connectivity index (χ3n) is 17.1. The smallest absolute Gasteiger partial charge is 0.462 e. The molecule has 0 radical (unpaired) electrons. The van der Waals surface area contributed by atoms with Gasteiger partial charge in [-0.15, -0.1) is 0 Å². The van der Waals surface area contributed by atoms with Crippen molar-refractivity contribution >= 4 is 39.5 Å². The zero-order valence-corrected chi connectivity index (χ0v) is 60.9. The normalized spacial score (nSPS) is 14.4. The molecule has 0 heterocycles. The van der Waals surface area contributed by atoms with Crippen LogP contribution in [0.15, 0.2) is 0 Å². The first-order valence-corrected chi connectivity index (χ1v) is 40.5. The summed E-state index contributed by atoms with van der Waals surface area (Å²) >= 11 is 0. The van der Waals surface area contributed by atoms with E-state index in [0.29, 0.717) is 25.7 Å². The Hall–Kier alpha value is -1.94. The summed E-state index contributed by atoms with van der Waals surface area (Å²) in [5.74, 6) is -0.548. The number of hydrogen-bond donors (Lipinski definition) is 3. The van der Waals surface area contributed by atoms with Crippen molar-refractivity contribution in [3.63, 3.8) is 0 Å². The van der Waals surface area contributed by atoms with Crippen molar-refractivity contribution in [2.45, 2.75) is 387 Å². The third-order valence-corrected chi connectivity index (χ3v) is 19.0. The molecule has 0 saturated heterocycles. The molecule has 0 aliphatic rings. The Morgan fingerprint density at radius 3 is 0.835 bits per heavy atom. The van der Waals surface area contributed by atoms with E-state index < -0.39 is 97.5 Å². The molecule has 17 nitrogen and oxygen atoms in total.